The Balaban J connectivity index is 0.00000312. The van der Waals surface area contributed by atoms with Gasteiger partial charge in [0.2, 0.25) is 0 Å². The molecule has 0 radical (unpaired) electrons. The number of hydrogen-bond donors (Lipinski definition) is 2. The normalized spacial score (nSPS) is 17.9. The van der Waals surface area contributed by atoms with Gasteiger partial charge >= 0.3 is 0 Å². The van der Waals surface area contributed by atoms with Crippen molar-refractivity contribution in [1.29, 1.82) is 0 Å². The maximum atomic E-state index is 5.97. The summed E-state index contributed by atoms with van der Waals surface area (Å²) >= 11 is 0. The van der Waals surface area contributed by atoms with Gasteiger partial charge < -0.3 is 25.4 Å². The Kier molecular flexibility index (Phi) is 9.96. The molecule has 1 fully saturated rings. The maximum Gasteiger partial charge on any atom is 0.188 e. The summed E-state index contributed by atoms with van der Waals surface area (Å²) in [5.74, 6) is 2.66. The second-order valence-corrected chi connectivity index (χ2v) is 6.14. The first-order valence-electron chi connectivity index (χ1n) is 8.63. The number of nitrogens with one attached hydrogen (secondary N) is 1. The molecule has 3 N–H and O–H groups in total. The molecule has 1 aliphatic rings. The highest BCUT2D eigenvalue weighted by molar-refractivity contribution is 14.0. The van der Waals surface area contributed by atoms with Crippen LogP contribution in [-0.4, -0.2) is 57.8 Å². The fourth-order valence-corrected chi connectivity index (χ4v) is 3.00. The van der Waals surface area contributed by atoms with E-state index in [9.17, 15) is 0 Å². The van der Waals surface area contributed by atoms with E-state index >= 15 is 0 Å². The predicted molar refractivity (Wildman–Crippen MR) is 113 cm³/mol. The van der Waals surface area contributed by atoms with E-state index in [0.29, 0.717) is 11.9 Å². The van der Waals surface area contributed by atoms with E-state index in [1.165, 1.54) is 18.5 Å². The standard InChI is InChI=1S/C18H30N4O2.HI/c1-4-22-10-8-15(13-22)12-21-18(19)20-9-7-14-5-6-16(23-2)17(11-14)24-3;/h5-6,11,15H,4,7-10,12-13H2,1-3H3,(H3,19,20,21);1H. The Bertz CT molecular complexity index is 554. The molecule has 6 nitrogen and oxygen atoms in total. The number of ether oxygens (including phenoxy) is 2. The highest BCUT2D eigenvalue weighted by Crippen LogP contribution is 2.27. The molecule has 1 aliphatic heterocycles. The van der Waals surface area contributed by atoms with Crippen molar-refractivity contribution in [2.45, 2.75) is 19.8 Å². The zero-order valence-corrected chi connectivity index (χ0v) is 17.8. The molecule has 1 aromatic carbocycles. The lowest BCUT2D eigenvalue weighted by Gasteiger charge is -2.12. The first kappa shape index (κ1) is 21.8. The molecule has 0 aliphatic carbocycles. The van der Waals surface area contributed by atoms with Gasteiger partial charge in [-0.05, 0) is 49.5 Å². The van der Waals surface area contributed by atoms with Crippen molar-refractivity contribution in [1.82, 2.24) is 10.2 Å². The summed E-state index contributed by atoms with van der Waals surface area (Å²) in [6, 6.07) is 5.95. The van der Waals surface area contributed by atoms with Crippen LogP contribution in [0.2, 0.25) is 0 Å². The lowest BCUT2D eigenvalue weighted by atomic mass is 10.1. The maximum absolute atomic E-state index is 5.97. The molecule has 1 heterocycles. The van der Waals surface area contributed by atoms with E-state index < -0.39 is 0 Å². The zero-order chi connectivity index (χ0) is 17.4. The summed E-state index contributed by atoms with van der Waals surface area (Å²) in [7, 11) is 3.29. The van der Waals surface area contributed by atoms with Crippen LogP contribution in [-0.2, 0) is 6.42 Å². The Morgan fingerprint density at radius 1 is 1.32 bits per heavy atom. The number of nitrogens with two attached hydrogens (primary N) is 1. The molecule has 1 unspecified atom stereocenters. The van der Waals surface area contributed by atoms with Gasteiger partial charge in [-0.3, -0.25) is 4.99 Å². The molecule has 25 heavy (non-hydrogen) atoms. The van der Waals surface area contributed by atoms with Gasteiger partial charge in [0, 0.05) is 19.6 Å². The Morgan fingerprint density at radius 2 is 2.08 bits per heavy atom. The third-order valence-corrected chi connectivity index (χ3v) is 4.50. The van der Waals surface area contributed by atoms with Gasteiger partial charge in [-0.25, -0.2) is 0 Å². The first-order chi connectivity index (χ1) is 11.7. The highest BCUT2D eigenvalue weighted by atomic mass is 127. The second kappa shape index (κ2) is 11.4. The van der Waals surface area contributed by atoms with Crippen LogP contribution in [0.15, 0.2) is 23.2 Å². The van der Waals surface area contributed by atoms with Crippen LogP contribution in [0.4, 0.5) is 0 Å². The van der Waals surface area contributed by atoms with Gasteiger partial charge in [-0.1, -0.05) is 13.0 Å². The van der Waals surface area contributed by atoms with Crippen LogP contribution in [0.25, 0.3) is 0 Å². The summed E-state index contributed by atoms with van der Waals surface area (Å²) in [6.45, 7) is 7.21. The Hall–Kier alpha value is -1.22. The van der Waals surface area contributed by atoms with Crippen molar-refractivity contribution in [3.05, 3.63) is 23.8 Å². The number of methoxy groups -OCH3 is 2. The number of hydrogen-bond acceptors (Lipinski definition) is 4. The predicted octanol–water partition coefficient (Wildman–Crippen LogP) is 2.11. The quantitative estimate of drug-likeness (QED) is 0.352. The molecule has 0 bridgehead atoms. The van der Waals surface area contributed by atoms with Crippen LogP contribution in [0.1, 0.15) is 18.9 Å². The van der Waals surface area contributed by atoms with Gasteiger partial charge in [-0.15, -0.1) is 24.0 Å². The van der Waals surface area contributed by atoms with E-state index in [1.54, 1.807) is 14.2 Å². The van der Waals surface area contributed by atoms with Crippen LogP contribution in [0.3, 0.4) is 0 Å². The average Bonchev–Trinajstić information content (AvgIpc) is 3.08. The van der Waals surface area contributed by atoms with Crippen molar-refractivity contribution >= 4 is 29.9 Å². The molecule has 142 valence electrons. The number of rotatable bonds is 8. The molecule has 1 saturated heterocycles. The molecule has 7 heteroatoms. The number of halogens is 1. The Morgan fingerprint density at radius 3 is 2.72 bits per heavy atom. The summed E-state index contributed by atoms with van der Waals surface area (Å²) in [5.41, 5.74) is 7.13. The molecule has 1 aromatic rings. The highest BCUT2D eigenvalue weighted by Gasteiger charge is 2.20. The van der Waals surface area contributed by atoms with Crippen LogP contribution < -0.4 is 20.5 Å². The topological polar surface area (TPSA) is 72.1 Å². The molecule has 2 rings (SSSR count). The summed E-state index contributed by atoms with van der Waals surface area (Å²) in [5, 5.41) is 3.19. The van der Waals surface area contributed by atoms with E-state index in [2.05, 4.69) is 22.1 Å². The lowest BCUT2D eigenvalue weighted by molar-refractivity contribution is 0.343. The monoisotopic (exact) mass is 462 g/mol. The lowest BCUT2D eigenvalue weighted by Crippen LogP contribution is -2.34. The van der Waals surface area contributed by atoms with E-state index in [1.807, 2.05) is 18.2 Å². The van der Waals surface area contributed by atoms with E-state index in [4.69, 9.17) is 15.2 Å². The van der Waals surface area contributed by atoms with Crippen molar-refractivity contribution in [3.63, 3.8) is 0 Å². The molecule has 0 saturated carbocycles. The van der Waals surface area contributed by atoms with Crippen molar-refractivity contribution in [2.24, 2.45) is 16.6 Å². The summed E-state index contributed by atoms with van der Waals surface area (Å²) in [4.78, 5) is 6.94. The number of aliphatic imine (C=N–C) groups is 1. The minimum absolute atomic E-state index is 0. The fourth-order valence-electron chi connectivity index (χ4n) is 3.00. The van der Waals surface area contributed by atoms with Crippen LogP contribution in [0, 0.1) is 5.92 Å². The molecular formula is C18H31IN4O2. The minimum Gasteiger partial charge on any atom is -0.493 e. The van der Waals surface area contributed by atoms with Gasteiger partial charge in [0.05, 0.1) is 14.2 Å². The number of likely N-dealkylation sites (tertiary alicyclic amines) is 1. The fraction of sp³-hybridized carbons (Fsp3) is 0.611. The third-order valence-electron chi connectivity index (χ3n) is 4.50. The summed E-state index contributed by atoms with van der Waals surface area (Å²) < 4.78 is 10.6. The SMILES string of the molecule is CCN1CCC(CN=C(N)NCCc2ccc(OC)c(OC)c2)C1.I. The minimum atomic E-state index is 0. The second-order valence-electron chi connectivity index (χ2n) is 6.14. The van der Waals surface area contributed by atoms with Gasteiger partial charge in [0.15, 0.2) is 17.5 Å². The molecule has 0 spiro atoms. The largest absolute Gasteiger partial charge is 0.493 e. The number of guanidine groups is 1. The third kappa shape index (κ3) is 6.89. The van der Waals surface area contributed by atoms with Crippen molar-refractivity contribution in [2.75, 3.05) is 46.9 Å². The van der Waals surface area contributed by atoms with Crippen molar-refractivity contribution in [3.8, 4) is 11.5 Å². The molecule has 0 amide bonds. The zero-order valence-electron chi connectivity index (χ0n) is 15.5. The molecule has 1 atom stereocenters. The smallest absolute Gasteiger partial charge is 0.188 e. The molecule has 0 aromatic heterocycles. The summed E-state index contributed by atoms with van der Waals surface area (Å²) in [6.07, 6.45) is 2.07. The van der Waals surface area contributed by atoms with E-state index in [0.717, 1.165) is 44.1 Å². The van der Waals surface area contributed by atoms with E-state index in [-0.39, 0.29) is 24.0 Å². The van der Waals surface area contributed by atoms with Crippen LogP contribution in [0.5, 0.6) is 11.5 Å². The van der Waals surface area contributed by atoms with Gasteiger partial charge in [-0.2, -0.15) is 0 Å². The average molecular weight is 462 g/mol. The van der Waals surface area contributed by atoms with Crippen molar-refractivity contribution < 1.29 is 9.47 Å². The Labute approximate surface area is 168 Å². The molecular weight excluding hydrogens is 431 g/mol. The van der Waals surface area contributed by atoms with Gasteiger partial charge in [0.1, 0.15) is 0 Å². The van der Waals surface area contributed by atoms with Crippen LogP contribution >= 0.6 is 24.0 Å². The van der Waals surface area contributed by atoms with Gasteiger partial charge in [0.25, 0.3) is 0 Å². The number of nitrogens with zero attached hydrogens (tertiary/aromatic N) is 2. The first-order valence-corrected chi connectivity index (χ1v) is 8.63. The number of benzene rings is 1.